The fourth-order valence-corrected chi connectivity index (χ4v) is 0.745. The Balaban J connectivity index is 0. The maximum absolute atomic E-state index is 9.09. The van der Waals surface area contributed by atoms with E-state index in [1.807, 2.05) is 6.07 Å². The number of para-hydroxylation sites is 1. The van der Waals surface area contributed by atoms with E-state index in [9.17, 15) is 0 Å². The Morgan fingerprint density at radius 3 is 2.07 bits per heavy atom. The van der Waals surface area contributed by atoms with Crippen molar-refractivity contribution in [3.05, 3.63) is 56.1 Å². The predicted molar refractivity (Wildman–Crippen MR) is 59.9 cm³/mol. The van der Waals surface area contributed by atoms with Crippen molar-refractivity contribution in [3.63, 3.8) is 0 Å². The molecule has 74 valence electrons. The molecule has 0 spiro atoms. The van der Waals surface area contributed by atoms with E-state index in [1.54, 1.807) is 24.3 Å². The maximum Gasteiger partial charge on any atom is 0.119 e. The van der Waals surface area contributed by atoms with E-state index in [2.05, 4.69) is 26.3 Å². The molecule has 0 unspecified atom stereocenters. The van der Waals surface area contributed by atoms with Gasteiger partial charge in [0, 0.05) is 5.56 Å². The molecule has 14 heavy (non-hydrogen) atoms. The smallest absolute Gasteiger partial charge is 0.119 e. The number of hydrogen-bond acceptors (Lipinski definition) is 2. The van der Waals surface area contributed by atoms with Crippen LogP contribution in [-0.4, -0.2) is 5.11 Å². The predicted octanol–water partition coefficient (Wildman–Crippen LogP) is 3.06. The van der Waals surface area contributed by atoms with Gasteiger partial charge < -0.3 is 5.11 Å². The number of phenols is 1. The van der Waals surface area contributed by atoms with Crippen LogP contribution in [0, 0.1) is 11.3 Å². The molecule has 1 aromatic rings. The van der Waals surface area contributed by atoms with Gasteiger partial charge in [0.2, 0.25) is 0 Å². The number of benzene rings is 1. The van der Waals surface area contributed by atoms with Gasteiger partial charge in [0.25, 0.3) is 0 Å². The zero-order valence-corrected chi connectivity index (χ0v) is 8.24. The molecule has 0 heterocycles. The van der Waals surface area contributed by atoms with Gasteiger partial charge in [-0.1, -0.05) is 18.2 Å². The van der Waals surface area contributed by atoms with Gasteiger partial charge in [-0.25, -0.2) is 0 Å². The van der Waals surface area contributed by atoms with Crippen molar-refractivity contribution in [2.24, 2.45) is 0 Å². The van der Waals surface area contributed by atoms with Crippen molar-refractivity contribution >= 4 is 0 Å². The highest BCUT2D eigenvalue weighted by Gasteiger charge is 1.95. The maximum atomic E-state index is 9.09. The van der Waals surface area contributed by atoms with Crippen molar-refractivity contribution in [1.29, 1.82) is 5.26 Å². The topological polar surface area (TPSA) is 44.0 Å². The average Bonchev–Trinajstić information content (AvgIpc) is 2.28. The van der Waals surface area contributed by atoms with Crippen molar-refractivity contribution in [1.82, 2.24) is 0 Å². The minimum atomic E-state index is 0.198. The highest BCUT2D eigenvalue weighted by Crippen LogP contribution is 2.14. The van der Waals surface area contributed by atoms with Crippen LogP contribution < -0.4 is 0 Å². The second-order valence-corrected chi connectivity index (χ2v) is 1.96. The lowest BCUT2D eigenvalue weighted by Crippen LogP contribution is -1.80. The van der Waals surface area contributed by atoms with Crippen LogP contribution >= 0.6 is 0 Å². The number of hydrogen-bond donors (Lipinski definition) is 1. The Morgan fingerprint density at radius 1 is 1.14 bits per heavy atom. The van der Waals surface area contributed by atoms with Gasteiger partial charge in [-0.05, 0) is 6.07 Å². The van der Waals surface area contributed by atoms with E-state index in [0.29, 0.717) is 5.56 Å². The van der Waals surface area contributed by atoms with E-state index < -0.39 is 0 Å². The van der Waals surface area contributed by atoms with Crippen molar-refractivity contribution in [2.75, 3.05) is 0 Å². The molecule has 0 aromatic heterocycles. The Morgan fingerprint density at radius 2 is 1.64 bits per heavy atom. The summed E-state index contributed by atoms with van der Waals surface area (Å²) in [5.74, 6) is 0.198. The van der Waals surface area contributed by atoms with E-state index in [-0.39, 0.29) is 12.2 Å². The summed E-state index contributed by atoms with van der Waals surface area (Å²) in [6.45, 7) is 12.0. The molecule has 2 heteroatoms. The van der Waals surface area contributed by atoms with Gasteiger partial charge in [0.05, 0.1) is 12.5 Å². The lowest BCUT2D eigenvalue weighted by Gasteiger charge is -1.95. The SMILES string of the molecule is C=C.C=C.N#CCc1ccccc1O. The van der Waals surface area contributed by atoms with E-state index >= 15 is 0 Å². The third-order valence-electron chi connectivity index (χ3n) is 1.26. The van der Waals surface area contributed by atoms with Crippen molar-refractivity contribution < 1.29 is 5.11 Å². The summed E-state index contributed by atoms with van der Waals surface area (Å²) in [6.07, 6.45) is 0.271. The standard InChI is InChI=1S/C8H7NO.2C2H4/c9-6-5-7-3-1-2-4-8(7)10;2*1-2/h1-4,10H,5H2;2*1-2H2. The summed E-state index contributed by atoms with van der Waals surface area (Å²) in [7, 11) is 0. The highest BCUT2D eigenvalue weighted by atomic mass is 16.3. The Kier molecular flexibility index (Phi) is 11.4. The Labute approximate surface area is 85.4 Å². The minimum absolute atomic E-state index is 0.198. The molecule has 0 radical (unpaired) electrons. The first-order chi connectivity index (χ1) is 6.84. The molecule has 0 aliphatic rings. The van der Waals surface area contributed by atoms with Crippen LogP contribution in [0.15, 0.2) is 50.6 Å². The lowest BCUT2D eigenvalue weighted by molar-refractivity contribution is 0.470. The van der Waals surface area contributed by atoms with Gasteiger partial charge in [-0.15, -0.1) is 26.3 Å². The molecule has 0 atom stereocenters. The summed E-state index contributed by atoms with van der Waals surface area (Å²) in [5.41, 5.74) is 0.685. The molecule has 0 amide bonds. The summed E-state index contributed by atoms with van der Waals surface area (Å²) in [4.78, 5) is 0. The second kappa shape index (κ2) is 11.0. The minimum Gasteiger partial charge on any atom is -0.508 e. The molecule has 1 aromatic carbocycles. The molecule has 0 saturated carbocycles. The van der Waals surface area contributed by atoms with Gasteiger partial charge >= 0.3 is 0 Å². The van der Waals surface area contributed by atoms with Crippen molar-refractivity contribution in [3.8, 4) is 11.8 Å². The van der Waals surface area contributed by atoms with Crippen LogP contribution in [0.4, 0.5) is 0 Å². The number of nitriles is 1. The molecular weight excluding hydrogens is 174 g/mol. The summed E-state index contributed by atoms with van der Waals surface area (Å²) in [6, 6.07) is 8.81. The fraction of sp³-hybridized carbons (Fsp3) is 0.0833. The van der Waals surface area contributed by atoms with E-state index in [0.717, 1.165) is 0 Å². The molecule has 0 aliphatic carbocycles. The van der Waals surface area contributed by atoms with Crippen molar-refractivity contribution in [2.45, 2.75) is 6.42 Å². The normalized spacial score (nSPS) is 6.79. The summed E-state index contributed by atoms with van der Waals surface area (Å²) < 4.78 is 0. The van der Waals surface area contributed by atoms with Gasteiger partial charge in [-0.3, -0.25) is 0 Å². The zero-order valence-electron chi connectivity index (χ0n) is 8.24. The molecular formula is C12H15NO. The van der Waals surface area contributed by atoms with E-state index in [1.165, 1.54) is 0 Å². The van der Waals surface area contributed by atoms with Gasteiger partial charge in [0.15, 0.2) is 0 Å². The number of aromatic hydroxyl groups is 1. The third kappa shape index (κ3) is 5.62. The first-order valence-electron chi connectivity index (χ1n) is 3.98. The lowest BCUT2D eigenvalue weighted by atomic mass is 10.1. The van der Waals surface area contributed by atoms with Crippen LogP contribution in [0.1, 0.15) is 5.56 Å². The van der Waals surface area contributed by atoms with E-state index in [4.69, 9.17) is 10.4 Å². The quantitative estimate of drug-likeness (QED) is 0.690. The summed E-state index contributed by atoms with van der Waals surface area (Å²) in [5, 5.41) is 17.4. The van der Waals surface area contributed by atoms with Crippen LogP contribution in [0.25, 0.3) is 0 Å². The molecule has 1 rings (SSSR count). The van der Waals surface area contributed by atoms with Crippen LogP contribution in [0.3, 0.4) is 0 Å². The number of nitrogens with zero attached hydrogens (tertiary/aromatic N) is 1. The fourth-order valence-electron chi connectivity index (χ4n) is 0.745. The monoisotopic (exact) mass is 189 g/mol. The zero-order chi connectivity index (χ0) is 11.4. The van der Waals surface area contributed by atoms with Crippen LogP contribution in [0.2, 0.25) is 0 Å². The number of phenolic OH excluding ortho intramolecular Hbond substituents is 1. The molecule has 0 saturated heterocycles. The largest absolute Gasteiger partial charge is 0.508 e. The van der Waals surface area contributed by atoms with Gasteiger partial charge in [0.1, 0.15) is 5.75 Å². The van der Waals surface area contributed by atoms with Gasteiger partial charge in [-0.2, -0.15) is 5.26 Å². The Bertz CT molecular complexity index is 287. The molecule has 0 bridgehead atoms. The average molecular weight is 189 g/mol. The molecule has 0 fully saturated rings. The first kappa shape index (κ1) is 14.5. The number of rotatable bonds is 1. The molecule has 0 aliphatic heterocycles. The molecule has 2 nitrogen and oxygen atoms in total. The van der Waals surface area contributed by atoms with Crippen LogP contribution in [0.5, 0.6) is 5.75 Å². The highest BCUT2D eigenvalue weighted by molar-refractivity contribution is 5.33. The second-order valence-electron chi connectivity index (χ2n) is 1.96. The first-order valence-corrected chi connectivity index (χ1v) is 3.98. The van der Waals surface area contributed by atoms with Crippen LogP contribution in [-0.2, 0) is 6.42 Å². The Hall–Kier alpha value is -2.01. The third-order valence-corrected chi connectivity index (χ3v) is 1.26. The molecule has 1 N–H and O–H groups in total. The summed E-state index contributed by atoms with van der Waals surface area (Å²) >= 11 is 0.